The van der Waals surface area contributed by atoms with Crippen molar-refractivity contribution in [3.63, 3.8) is 0 Å². The summed E-state index contributed by atoms with van der Waals surface area (Å²) in [4.78, 5) is 20.5. The topological polar surface area (TPSA) is 154 Å². The minimum Gasteiger partial charge on any atom is -0.506 e. The Morgan fingerprint density at radius 1 is 1.45 bits per heavy atom. The molecule has 0 atom stereocenters. The first-order chi connectivity index (χ1) is 9.33. The number of hydrogen-bond donors (Lipinski definition) is 3. The molecule has 1 rings (SSSR count). The maximum atomic E-state index is 10.7. The van der Waals surface area contributed by atoms with E-state index in [1.54, 1.807) is 0 Å². The number of rotatable bonds is 4. The lowest BCUT2D eigenvalue weighted by atomic mass is 10.1. The van der Waals surface area contributed by atoms with Crippen molar-refractivity contribution in [3.8, 4) is 17.6 Å². The quantitative estimate of drug-likeness (QED) is 0.244. The molecule has 0 radical (unpaired) electrons. The van der Waals surface area contributed by atoms with Crippen molar-refractivity contribution in [2.24, 2.45) is 0 Å². The third-order valence-electron chi connectivity index (χ3n) is 2.31. The van der Waals surface area contributed by atoms with Crippen LogP contribution in [0.15, 0.2) is 17.7 Å². The van der Waals surface area contributed by atoms with Crippen LogP contribution in [0.25, 0.3) is 5.76 Å². The van der Waals surface area contributed by atoms with E-state index < -0.39 is 33.7 Å². The van der Waals surface area contributed by atoms with E-state index in [1.165, 1.54) is 6.07 Å². The summed E-state index contributed by atoms with van der Waals surface area (Å²) < 4.78 is 4.68. The van der Waals surface area contributed by atoms with Crippen molar-refractivity contribution in [1.82, 2.24) is 0 Å². The molecule has 20 heavy (non-hydrogen) atoms. The number of phenolic OH excluding ortho intramolecular Hbond substituents is 1. The smallest absolute Gasteiger partial charge is 0.350 e. The minimum atomic E-state index is -1.69. The zero-order valence-corrected chi connectivity index (χ0v) is 10.0. The van der Waals surface area contributed by atoms with Gasteiger partial charge in [0, 0.05) is 11.6 Å². The number of nitro benzene ring substituents is 1. The fourth-order valence-corrected chi connectivity index (χ4v) is 1.37. The van der Waals surface area contributed by atoms with Crippen LogP contribution >= 0.6 is 0 Å². The summed E-state index contributed by atoms with van der Waals surface area (Å²) in [6, 6.07) is 2.96. The Bertz CT molecular complexity index is 657. The van der Waals surface area contributed by atoms with Gasteiger partial charge in [-0.15, -0.1) is 0 Å². The maximum absolute atomic E-state index is 10.7. The summed E-state index contributed by atoms with van der Waals surface area (Å²) in [5, 5.41) is 47.3. The number of nitro groups is 1. The van der Waals surface area contributed by atoms with Crippen molar-refractivity contribution < 1.29 is 29.8 Å². The Hall–Kier alpha value is -3.28. The molecule has 0 saturated carbocycles. The average molecular weight is 280 g/mol. The molecule has 0 saturated heterocycles. The van der Waals surface area contributed by atoms with Gasteiger partial charge in [0.2, 0.25) is 5.75 Å². The minimum absolute atomic E-state index is 0.342. The molecule has 1 aromatic rings. The molecule has 0 amide bonds. The SMILES string of the molecule is COc1cc(/C(O)=C(\C#N)C(=O)O)cc([N+](=O)[O-])c1O. The Balaban J connectivity index is 3.63. The van der Waals surface area contributed by atoms with Crippen molar-refractivity contribution in [2.45, 2.75) is 0 Å². The van der Waals surface area contributed by atoms with Crippen LogP contribution in [-0.2, 0) is 4.79 Å². The van der Waals surface area contributed by atoms with Crippen LogP contribution in [0, 0.1) is 21.4 Å². The molecule has 0 aliphatic carbocycles. The normalized spacial score (nSPS) is 11.2. The molecular weight excluding hydrogens is 272 g/mol. The fourth-order valence-electron chi connectivity index (χ4n) is 1.37. The summed E-state index contributed by atoms with van der Waals surface area (Å²) in [5.41, 5.74) is -2.13. The predicted molar refractivity (Wildman–Crippen MR) is 64.1 cm³/mol. The molecular formula is C11H8N2O7. The van der Waals surface area contributed by atoms with Crippen LogP contribution in [-0.4, -0.2) is 33.3 Å². The van der Waals surface area contributed by atoms with E-state index in [-0.39, 0.29) is 11.3 Å². The molecule has 0 unspecified atom stereocenters. The van der Waals surface area contributed by atoms with Gasteiger partial charge in [0.05, 0.1) is 12.0 Å². The lowest BCUT2D eigenvalue weighted by Crippen LogP contribution is -2.03. The van der Waals surface area contributed by atoms with E-state index in [2.05, 4.69) is 4.74 Å². The number of nitriles is 1. The van der Waals surface area contributed by atoms with Gasteiger partial charge in [-0.3, -0.25) is 10.1 Å². The highest BCUT2D eigenvalue weighted by molar-refractivity contribution is 5.99. The zero-order valence-electron chi connectivity index (χ0n) is 10.0. The maximum Gasteiger partial charge on any atom is 0.350 e. The van der Waals surface area contributed by atoms with Crippen molar-refractivity contribution >= 4 is 17.4 Å². The molecule has 0 bridgehead atoms. The first-order valence-corrected chi connectivity index (χ1v) is 4.95. The highest BCUT2D eigenvalue weighted by atomic mass is 16.6. The molecule has 0 fully saturated rings. The number of carbonyl (C=O) groups is 1. The molecule has 0 aromatic heterocycles. The number of ether oxygens (including phenoxy) is 1. The number of aromatic hydroxyl groups is 1. The highest BCUT2D eigenvalue weighted by Gasteiger charge is 2.23. The number of nitrogens with zero attached hydrogens (tertiary/aromatic N) is 2. The second-order valence-electron chi connectivity index (χ2n) is 3.44. The van der Waals surface area contributed by atoms with Gasteiger partial charge in [-0.25, -0.2) is 4.79 Å². The lowest BCUT2D eigenvalue weighted by molar-refractivity contribution is -0.386. The van der Waals surface area contributed by atoms with Gasteiger partial charge in [0.15, 0.2) is 11.3 Å². The summed E-state index contributed by atoms with van der Waals surface area (Å²) in [6.45, 7) is 0. The standard InChI is InChI=1S/C11H8N2O7/c1-20-8-3-5(2-7(10(8)15)13(18)19)9(14)6(4-12)11(16)17/h2-3,14-15H,1H3,(H,16,17)/b9-6-. The summed E-state index contributed by atoms with van der Waals surface area (Å²) in [5.74, 6) is -3.78. The monoisotopic (exact) mass is 280 g/mol. The van der Waals surface area contributed by atoms with E-state index in [0.717, 1.165) is 19.2 Å². The Morgan fingerprint density at radius 2 is 2.05 bits per heavy atom. The molecule has 0 aliphatic rings. The molecule has 9 heteroatoms. The van der Waals surface area contributed by atoms with Crippen molar-refractivity contribution in [3.05, 3.63) is 33.4 Å². The fraction of sp³-hybridized carbons (Fsp3) is 0.0909. The van der Waals surface area contributed by atoms with E-state index in [1.807, 2.05) is 0 Å². The van der Waals surface area contributed by atoms with Gasteiger partial charge < -0.3 is 20.1 Å². The molecule has 104 valence electrons. The number of methoxy groups -OCH3 is 1. The summed E-state index contributed by atoms with van der Waals surface area (Å²) in [6.07, 6.45) is 0. The number of aliphatic hydroxyl groups is 1. The first kappa shape index (κ1) is 14.8. The molecule has 0 spiro atoms. The molecule has 1 aromatic carbocycles. The van der Waals surface area contributed by atoms with E-state index in [9.17, 15) is 25.1 Å². The number of hydrogen-bond acceptors (Lipinski definition) is 7. The van der Waals surface area contributed by atoms with Crippen LogP contribution < -0.4 is 4.74 Å². The lowest BCUT2D eigenvalue weighted by Gasteiger charge is -2.07. The number of phenols is 1. The number of carboxylic acids is 1. The Labute approximate surface area is 111 Å². The summed E-state index contributed by atoms with van der Waals surface area (Å²) >= 11 is 0. The Kier molecular flexibility index (Phi) is 4.12. The number of benzene rings is 1. The number of aliphatic hydroxyl groups excluding tert-OH is 1. The third kappa shape index (κ3) is 2.59. The van der Waals surface area contributed by atoms with Crippen molar-refractivity contribution in [2.75, 3.05) is 7.11 Å². The molecule has 3 N–H and O–H groups in total. The van der Waals surface area contributed by atoms with E-state index in [4.69, 9.17) is 10.4 Å². The van der Waals surface area contributed by atoms with Crippen LogP contribution in [0.2, 0.25) is 0 Å². The van der Waals surface area contributed by atoms with Gasteiger partial charge in [0.1, 0.15) is 11.8 Å². The van der Waals surface area contributed by atoms with Crippen LogP contribution in [0.3, 0.4) is 0 Å². The van der Waals surface area contributed by atoms with Gasteiger partial charge in [-0.05, 0) is 6.07 Å². The predicted octanol–water partition coefficient (Wildman–Crippen LogP) is 1.19. The Morgan fingerprint density at radius 3 is 2.45 bits per heavy atom. The largest absolute Gasteiger partial charge is 0.506 e. The van der Waals surface area contributed by atoms with Gasteiger partial charge >= 0.3 is 11.7 Å². The second kappa shape index (κ2) is 5.57. The molecule has 0 heterocycles. The van der Waals surface area contributed by atoms with Crippen LogP contribution in [0.4, 0.5) is 5.69 Å². The van der Waals surface area contributed by atoms with Gasteiger partial charge in [-0.1, -0.05) is 0 Å². The van der Waals surface area contributed by atoms with Crippen LogP contribution in [0.5, 0.6) is 11.5 Å². The first-order valence-electron chi connectivity index (χ1n) is 4.95. The van der Waals surface area contributed by atoms with Gasteiger partial charge in [-0.2, -0.15) is 5.26 Å². The third-order valence-corrected chi connectivity index (χ3v) is 2.31. The van der Waals surface area contributed by atoms with E-state index in [0.29, 0.717) is 0 Å². The number of carboxylic acid groups (broad SMARTS) is 1. The van der Waals surface area contributed by atoms with Crippen LogP contribution in [0.1, 0.15) is 5.56 Å². The van der Waals surface area contributed by atoms with Crippen molar-refractivity contribution in [1.29, 1.82) is 5.26 Å². The molecule has 9 nitrogen and oxygen atoms in total. The molecule has 0 aliphatic heterocycles. The average Bonchev–Trinajstić information content (AvgIpc) is 2.38. The number of aliphatic carboxylic acids is 1. The van der Waals surface area contributed by atoms with Gasteiger partial charge in [0.25, 0.3) is 0 Å². The van der Waals surface area contributed by atoms with E-state index >= 15 is 0 Å². The second-order valence-corrected chi connectivity index (χ2v) is 3.44. The zero-order chi connectivity index (χ0) is 15.4. The highest BCUT2D eigenvalue weighted by Crippen LogP contribution is 2.38. The summed E-state index contributed by atoms with van der Waals surface area (Å²) in [7, 11) is 1.12.